The van der Waals surface area contributed by atoms with E-state index in [2.05, 4.69) is 4.98 Å². The zero-order valence-corrected chi connectivity index (χ0v) is 18.5. The minimum Gasteiger partial charge on any atom is -0.497 e. The Hall–Kier alpha value is -3.52. The summed E-state index contributed by atoms with van der Waals surface area (Å²) in [6, 6.07) is 8.87. The van der Waals surface area contributed by atoms with E-state index in [9.17, 15) is 22.4 Å². The number of nitrogens with zero attached hydrogens (tertiary/aromatic N) is 1. The molecule has 1 amide bonds. The van der Waals surface area contributed by atoms with Gasteiger partial charge in [-0.1, -0.05) is 11.6 Å². The molecule has 0 radical (unpaired) electrons. The first-order valence-corrected chi connectivity index (χ1v) is 10.7. The van der Waals surface area contributed by atoms with Gasteiger partial charge in [0.05, 0.1) is 12.7 Å². The predicted molar refractivity (Wildman–Crippen MR) is 119 cm³/mol. The molecule has 0 fully saturated rings. The van der Waals surface area contributed by atoms with Gasteiger partial charge in [0.15, 0.2) is 11.6 Å². The number of nitrogens with one attached hydrogen (secondary N) is 1. The number of aromatic amines is 1. The molecule has 1 aliphatic heterocycles. The molecule has 4 nitrogen and oxygen atoms in total. The van der Waals surface area contributed by atoms with Crippen LogP contribution in [0.2, 0.25) is 5.02 Å². The number of aromatic nitrogens is 1. The summed E-state index contributed by atoms with van der Waals surface area (Å²) >= 11 is 5.97. The number of H-pyrrole nitrogens is 1. The van der Waals surface area contributed by atoms with Crippen LogP contribution in [0.3, 0.4) is 0 Å². The monoisotopic (exact) mass is 488 g/mol. The molecule has 1 aromatic heterocycles. The summed E-state index contributed by atoms with van der Waals surface area (Å²) in [6.07, 6.45) is 0.359. The summed E-state index contributed by atoms with van der Waals surface area (Å²) in [5, 5.41) is 0.944. The second-order valence-electron chi connectivity index (χ2n) is 7.99. The fourth-order valence-electron chi connectivity index (χ4n) is 4.50. The molecule has 34 heavy (non-hydrogen) atoms. The number of rotatable bonds is 3. The van der Waals surface area contributed by atoms with E-state index in [1.54, 1.807) is 18.2 Å². The Bertz CT molecular complexity index is 1450. The smallest absolute Gasteiger partial charge is 0.257 e. The van der Waals surface area contributed by atoms with Crippen LogP contribution < -0.4 is 4.74 Å². The van der Waals surface area contributed by atoms with Crippen molar-refractivity contribution in [3.05, 3.63) is 99.2 Å². The quantitative estimate of drug-likeness (QED) is 0.277. The third kappa shape index (κ3) is 3.58. The topological polar surface area (TPSA) is 45.3 Å². The first kappa shape index (κ1) is 22.3. The van der Waals surface area contributed by atoms with Crippen molar-refractivity contribution in [1.82, 2.24) is 9.88 Å². The molecule has 5 rings (SSSR count). The third-order valence-electron chi connectivity index (χ3n) is 6.09. The summed E-state index contributed by atoms with van der Waals surface area (Å²) in [6.45, 7) is 0.0745. The maximum atomic E-state index is 15.0. The lowest BCUT2D eigenvalue weighted by molar-refractivity contribution is 0.0684. The lowest BCUT2D eigenvalue weighted by Gasteiger charge is -2.36. The molecule has 0 spiro atoms. The van der Waals surface area contributed by atoms with Crippen LogP contribution in [0.4, 0.5) is 17.6 Å². The van der Waals surface area contributed by atoms with Crippen LogP contribution in [0.5, 0.6) is 5.75 Å². The summed E-state index contributed by atoms with van der Waals surface area (Å²) in [7, 11) is 1.53. The highest BCUT2D eigenvalue weighted by molar-refractivity contribution is 6.31. The zero-order chi connectivity index (χ0) is 24.1. The summed E-state index contributed by atoms with van der Waals surface area (Å²) in [5.41, 5.74) is 1.34. The van der Waals surface area contributed by atoms with Gasteiger partial charge in [0.2, 0.25) is 0 Å². The zero-order valence-electron chi connectivity index (χ0n) is 17.8. The summed E-state index contributed by atoms with van der Waals surface area (Å²) < 4.78 is 62.8. The van der Waals surface area contributed by atoms with Crippen molar-refractivity contribution >= 4 is 28.4 Å². The number of hydrogen-bond acceptors (Lipinski definition) is 2. The van der Waals surface area contributed by atoms with E-state index in [1.807, 2.05) is 0 Å². The molecule has 2 heterocycles. The molecular weight excluding hydrogens is 472 g/mol. The van der Waals surface area contributed by atoms with Gasteiger partial charge in [-0.15, -0.1) is 0 Å². The van der Waals surface area contributed by atoms with E-state index in [4.69, 9.17) is 16.3 Å². The molecule has 1 N–H and O–H groups in total. The fraction of sp³-hybridized carbons (Fsp3) is 0.160. The van der Waals surface area contributed by atoms with Crippen LogP contribution in [-0.4, -0.2) is 29.4 Å². The van der Waals surface area contributed by atoms with Crippen LogP contribution in [-0.2, 0) is 6.42 Å². The molecule has 1 atom stereocenters. The Morgan fingerprint density at radius 2 is 1.76 bits per heavy atom. The largest absolute Gasteiger partial charge is 0.497 e. The number of halogens is 5. The molecule has 9 heteroatoms. The van der Waals surface area contributed by atoms with Crippen molar-refractivity contribution in [2.75, 3.05) is 13.7 Å². The Labute approximate surface area is 196 Å². The van der Waals surface area contributed by atoms with E-state index in [1.165, 1.54) is 24.1 Å². The van der Waals surface area contributed by atoms with Crippen molar-refractivity contribution in [2.24, 2.45) is 0 Å². The molecule has 1 aliphatic rings. The van der Waals surface area contributed by atoms with Crippen molar-refractivity contribution < 1.29 is 27.1 Å². The lowest BCUT2D eigenvalue weighted by atomic mass is 9.91. The number of benzene rings is 3. The molecule has 174 valence electrons. The number of amides is 1. The van der Waals surface area contributed by atoms with Gasteiger partial charge in [0.25, 0.3) is 5.91 Å². The minimum atomic E-state index is -1.35. The fourth-order valence-corrected chi connectivity index (χ4v) is 4.67. The van der Waals surface area contributed by atoms with Crippen LogP contribution in [0, 0.1) is 23.3 Å². The van der Waals surface area contributed by atoms with E-state index < -0.39 is 35.2 Å². The molecule has 4 aromatic rings. The van der Waals surface area contributed by atoms with Crippen LogP contribution in [0.1, 0.15) is 33.2 Å². The number of carbonyl (C=O) groups is 1. The normalized spacial score (nSPS) is 15.5. The summed E-state index contributed by atoms with van der Waals surface area (Å²) in [4.78, 5) is 17.9. The Balaban J connectivity index is 1.73. The number of fused-ring (bicyclic) bond motifs is 3. The maximum absolute atomic E-state index is 15.0. The lowest BCUT2D eigenvalue weighted by Crippen LogP contribution is -2.41. The molecular formula is C25H17ClF4N2O2. The summed E-state index contributed by atoms with van der Waals surface area (Å²) in [5.74, 6) is -4.59. The van der Waals surface area contributed by atoms with Crippen LogP contribution in [0.25, 0.3) is 10.9 Å². The third-order valence-corrected chi connectivity index (χ3v) is 6.32. The predicted octanol–water partition coefficient (Wildman–Crippen LogP) is 6.17. The van der Waals surface area contributed by atoms with Gasteiger partial charge in [-0.3, -0.25) is 4.79 Å². The van der Waals surface area contributed by atoms with Crippen molar-refractivity contribution in [1.29, 1.82) is 0 Å². The molecule has 3 aromatic carbocycles. The van der Waals surface area contributed by atoms with Crippen LogP contribution in [0.15, 0.2) is 48.5 Å². The molecule has 1 unspecified atom stereocenters. The number of methoxy groups -OCH3 is 1. The van der Waals surface area contributed by atoms with E-state index >= 15 is 0 Å². The Morgan fingerprint density at radius 3 is 2.53 bits per heavy atom. The van der Waals surface area contributed by atoms with Gasteiger partial charge in [0.1, 0.15) is 23.4 Å². The average molecular weight is 489 g/mol. The van der Waals surface area contributed by atoms with Gasteiger partial charge in [0, 0.05) is 39.8 Å². The van der Waals surface area contributed by atoms with Crippen molar-refractivity contribution in [2.45, 2.75) is 12.5 Å². The van der Waals surface area contributed by atoms with Crippen molar-refractivity contribution in [3.8, 4) is 5.75 Å². The molecule has 0 aliphatic carbocycles. The van der Waals surface area contributed by atoms with Gasteiger partial charge in [-0.25, -0.2) is 17.6 Å². The Kier molecular flexibility index (Phi) is 5.48. The average Bonchev–Trinajstić information content (AvgIpc) is 3.20. The molecule has 0 saturated heterocycles. The number of ether oxygens (including phenoxy) is 1. The van der Waals surface area contributed by atoms with Gasteiger partial charge < -0.3 is 14.6 Å². The highest BCUT2D eigenvalue weighted by Gasteiger charge is 2.37. The van der Waals surface area contributed by atoms with E-state index in [-0.39, 0.29) is 22.7 Å². The minimum absolute atomic E-state index is 0.0745. The first-order chi connectivity index (χ1) is 16.3. The van der Waals surface area contributed by atoms with Gasteiger partial charge >= 0.3 is 0 Å². The maximum Gasteiger partial charge on any atom is 0.257 e. The highest BCUT2D eigenvalue weighted by Crippen LogP contribution is 2.41. The highest BCUT2D eigenvalue weighted by atomic mass is 35.5. The van der Waals surface area contributed by atoms with E-state index in [0.717, 1.165) is 23.1 Å². The standard InChI is InChI=1S/C25H17ClF4N2O2/c1-34-13-3-5-22-15(9-13)14-6-7-32(25(33)17-8-12(26)2-4-18(17)27)24(23(14)31-22)16-10-20(29)21(30)11-19(16)28/h2-5,8-11,24,31H,6-7H2,1H3. The molecule has 0 saturated carbocycles. The molecule has 0 bridgehead atoms. The van der Waals surface area contributed by atoms with E-state index in [0.29, 0.717) is 29.4 Å². The van der Waals surface area contributed by atoms with Crippen molar-refractivity contribution in [3.63, 3.8) is 0 Å². The number of hydrogen-bond donors (Lipinski definition) is 1. The SMILES string of the molecule is COc1ccc2[nH]c3c(c2c1)CCN(C(=O)c1cc(Cl)ccc1F)C3c1cc(F)c(F)cc1F. The Morgan fingerprint density at radius 1 is 1.00 bits per heavy atom. The second kappa shape index (κ2) is 8.36. The number of carbonyl (C=O) groups excluding carboxylic acids is 1. The first-order valence-electron chi connectivity index (χ1n) is 10.4. The van der Waals surface area contributed by atoms with Gasteiger partial charge in [-0.05, 0) is 54.4 Å². The van der Waals surface area contributed by atoms with Gasteiger partial charge in [-0.2, -0.15) is 0 Å². The second-order valence-corrected chi connectivity index (χ2v) is 8.43. The van der Waals surface area contributed by atoms with Crippen LogP contribution >= 0.6 is 11.6 Å².